The Labute approximate surface area is 91.4 Å². The molecule has 1 saturated heterocycles. The summed E-state index contributed by atoms with van der Waals surface area (Å²) >= 11 is 0. The molecular weight excluding hydrogens is 192 g/mol. The molecule has 0 amide bonds. The molecule has 0 bridgehead atoms. The van der Waals surface area contributed by atoms with Crippen molar-refractivity contribution in [1.29, 1.82) is 0 Å². The van der Waals surface area contributed by atoms with E-state index in [1.165, 1.54) is 0 Å². The summed E-state index contributed by atoms with van der Waals surface area (Å²) in [4.78, 5) is 0. The third-order valence-electron chi connectivity index (χ3n) is 3.27. The van der Waals surface area contributed by atoms with Gasteiger partial charge in [-0.05, 0) is 26.2 Å². The van der Waals surface area contributed by atoms with Crippen molar-refractivity contribution in [3.8, 4) is 0 Å². The van der Waals surface area contributed by atoms with Gasteiger partial charge < -0.3 is 20.5 Å². The summed E-state index contributed by atoms with van der Waals surface area (Å²) in [5, 5.41) is 16.2. The van der Waals surface area contributed by atoms with E-state index in [9.17, 15) is 5.11 Å². The molecule has 2 aliphatic rings. The van der Waals surface area contributed by atoms with Gasteiger partial charge in [-0.25, -0.2) is 0 Å². The van der Waals surface area contributed by atoms with Crippen LogP contribution in [0.15, 0.2) is 0 Å². The molecule has 4 heteroatoms. The third kappa shape index (κ3) is 3.41. The van der Waals surface area contributed by atoms with E-state index in [1.807, 2.05) is 0 Å². The number of morpholine rings is 1. The van der Waals surface area contributed by atoms with Crippen molar-refractivity contribution >= 4 is 0 Å². The van der Waals surface area contributed by atoms with Crippen LogP contribution in [0.3, 0.4) is 0 Å². The maximum Gasteiger partial charge on any atom is 0.0827 e. The molecule has 2 fully saturated rings. The first kappa shape index (κ1) is 11.3. The Hall–Kier alpha value is -0.160. The fourth-order valence-corrected chi connectivity index (χ4v) is 2.43. The molecule has 0 unspecified atom stereocenters. The highest BCUT2D eigenvalue weighted by Gasteiger charge is 2.24. The van der Waals surface area contributed by atoms with Gasteiger partial charge in [-0.1, -0.05) is 0 Å². The summed E-state index contributed by atoms with van der Waals surface area (Å²) in [5.41, 5.74) is 0. The molecule has 3 N–H and O–H groups in total. The molecular formula is C11H22N2O2. The van der Waals surface area contributed by atoms with E-state index >= 15 is 0 Å². The summed E-state index contributed by atoms with van der Waals surface area (Å²) in [7, 11) is 0. The normalized spacial score (nSPS) is 42.0. The van der Waals surface area contributed by atoms with E-state index in [2.05, 4.69) is 17.6 Å². The fraction of sp³-hybridized carbons (Fsp3) is 1.00. The number of hydrogen-bond donors (Lipinski definition) is 3. The van der Waals surface area contributed by atoms with Crippen molar-refractivity contribution < 1.29 is 9.84 Å². The predicted molar refractivity (Wildman–Crippen MR) is 58.9 cm³/mol. The quantitative estimate of drug-likeness (QED) is 0.612. The van der Waals surface area contributed by atoms with Gasteiger partial charge in [-0.2, -0.15) is 0 Å². The van der Waals surface area contributed by atoms with Crippen LogP contribution in [0, 0.1) is 0 Å². The van der Waals surface area contributed by atoms with Crippen LogP contribution in [0.2, 0.25) is 0 Å². The van der Waals surface area contributed by atoms with Gasteiger partial charge in [0.2, 0.25) is 0 Å². The number of aliphatic hydroxyl groups excluding tert-OH is 1. The maximum absolute atomic E-state index is 9.40. The SMILES string of the molecule is C[C@@H]1CNC[C@@H](CN[C@H]2CC[C@@H](O)C2)O1. The van der Waals surface area contributed by atoms with E-state index < -0.39 is 0 Å². The van der Waals surface area contributed by atoms with Crippen molar-refractivity contribution in [3.63, 3.8) is 0 Å². The van der Waals surface area contributed by atoms with E-state index in [0.29, 0.717) is 12.1 Å². The fourth-order valence-electron chi connectivity index (χ4n) is 2.43. The van der Waals surface area contributed by atoms with Gasteiger partial charge in [0.1, 0.15) is 0 Å². The van der Waals surface area contributed by atoms with Crippen LogP contribution >= 0.6 is 0 Å². The van der Waals surface area contributed by atoms with Gasteiger partial charge in [-0.3, -0.25) is 0 Å². The first-order valence-electron chi connectivity index (χ1n) is 6.01. The number of ether oxygens (including phenoxy) is 1. The third-order valence-corrected chi connectivity index (χ3v) is 3.27. The average molecular weight is 214 g/mol. The Kier molecular flexibility index (Phi) is 3.97. The molecule has 1 aliphatic carbocycles. The lowest BCUT2D eigenvalue weighted by molar-refractivity contribution is -0.0269. The summed E-state index contributed by atoms with van der Waals surface area (Å²) < 4.78 is 5.79. The maximum atomic E-state index is 9.40. The van der Waals surface area contributed by atoms with Crippen LogP contribution in [0.1, 0.15) is 26.2 Å². The molecule has 0 aromatic rings. The van der Waals surface area contributed by atoms with Crippen LogP contribution in [-0.4, -0.2) is 49.1 Å². The Morgan fingerprint density at radius 2 is 2.27 bits per heavy atom. The first-order chi connectivity index (χ1) is 7.24. The molecule has 1 heterocycles. The lowest BCUT2D eigenvalue weighted by Gasteiger charge is -2.29. The monoisotopic (exact) mass is 214 g/mol. The Morgan fingerprint density at radius 1 is 1.40 bits per heavy atom. The zero-order valence-corrected chi connectivity index (χ0v) is 9.41. The smallest absolute Gasteiger partial charge is 0.0827 e. The second-order valence-corrected chi connectivity index (χ2v) is 4.80. The lowest BCUT2D eigenvalue weighted by atomic mass is 10.2. The number of rotatable bonds is 3. The molecule has 1 aliphatic heterocycles. The summed E-state index contributed by atoms with van der Waals surface area (Å²) in [6, 6.07) is 0.487. The van der Waals surface area contributed by atoms with Crippen molar-refractivity contribution in [2.75, 3.05) is 19.6 Å². The van der Waals surface area contributed by atoms with Gasteiger partial charge in [0.25, 0.3) is 0 Å². The highest BCUT2D eigenvalue weighted by atomic mass is 16.5. The first-order valence-corrected chi connectivity index (χ1v) is 6.01. The molecule has 0 radical (unpaired) electrons. The Bertz CT molecular complexity index is 201. The topological polar surface area (TPSA) is 53.5 Å². The highest BCUT2D eigenvalue weighted by molar-refractivity contribution is 4.82. The minimum absolute atomic E-state index is 0.0909. The zero-order valence-electron chi connectivity index (χ0n) is 9.41. The van der Waals surface area contributed by atoms with E-state index in [0.717, 1.165) is 38.9 Å². The molecule has 4 atom stereocenters. The van der Waals surface area contributed by atoms with Crippen molar-refractivity contribution in [2.24, 2.45) is 0 Å². The van der Waals surface area contributed by atoms with Crippen molar-refractivity contribution in [2.45, 2.75) is 50.5 Å². The molecule has 88 valence electrons. The number of aliphatic hydroxyl groups is 1. The van der Waals surface area contributed by atoms with Crippen molar-refractivity contribution in [3.05, 3.63) is 0 Å². The number of nitrogens with one attached hydrogen (secondary N) is 2. The minimum Gasteiger partial charge on any atom is -0.393 e. The zero-order chi connectivity index (χ0) is 10.7. The van der Waals surface area contributed by atoms with E-state index in [1.54, 1.807) is 0 Å². The summed E-state index contributed by atoms with van der Waals surface area (Å²) in [6.07, 6.45) is 3.45. The standard InChI is InChI=1S/C11H22N2O2/c1-8-5-12-6-11(15-8)7-13-9-2-3-10(14)4-9/h8-14H,2-7H2,1H3/t8-,9+,10-,11+/m1/s1. The number of hydrogen-bond acceptors (Lipinski definition) is 4. The molecule has 0 spiro atoms. The van der Waals surface area contributed by atoms with Gasteiger partial charge in [0.05, 0.1) is 18.3 Å². The molecule has 1 saturated carbocycles. The molecule has 4 nitrogen and oxygen atoms in total. The molecule has 0 aromatic heterocycles. The Morgan fingerprint density at radius 3 is 2.93 bits per heavy atom. The second-order valence-electron chi connectivity index (χ2n) is 4.80. The van der Waals surface area contributed by atoms with E-state index in [4.69, 9.17) is 4.74 Å². The lowest BCUT2D eigenvalue weighted by Crippen LogP contribution is -2.48. The summed E-state index contributed by atoms with van der Waals surface area (Å²) in [5.74, 6) is 0. The van der Waals surface area contributed by atoms with Crippen molar-refractivity contribution in [1.82, 2.24) is 10.6 Å². The van der Waals surface area contributed by atoms with Gasteiger partial charge in [0, 0.05) is 25.7 Å². The molecule has 15 heavy (non-hydrogen) atoms. The second kappa shape index (κ2) is 5.25. The summed E-state index contributed by atoms with van der Waals surface area (Å²) in [6.45, 7) is 4.89. The minimum atomic E-state index is -0.0909. The highest BCUT2D eigenvalue weighted by Crippen LogP contribution is 2.18. The van der Waals surface area contributed by atoms with Crippen LogP contribution in [0.5, 0.6) is 0 Å². The van der Waals surface area contributed by atoms with Crippen LogP contribution in [0.4, 0.5) is 0 Å². The predicted octanol–water partition coefficient (Wildman–Crippen LogP) is -0.134. The van der Waals surface area contributed by atoms with Gasteiger partial charge in [0.15, 0.2) is 0 Å². The van der Waals surface area contributed by atoms with Crippen LogP contribution in [0.25, 0.3) is 0 Å². The molecule has 0 aromatic carbocycles. The van der Waals surface area contributed by atoms with Crippen LogP contribution < -0.4 is 10.6 Å². The largest absolute Gasteiger partial charge is 0.393 e. The van der Waals surface area contributed by atoms with Gasteiger partial charge >= 0.3 is 0 Å². The molecule has 2 rings (SSSR count). The average Bonchev–Trinajstić information content (AvgIpc) is 2.62. The van der Waals surface area contributed by atoms with Gasteiger partial charge in [-0.15, -0.1) is 0 Å². The Balaban J connectivity index is 1.64. The van der Waals surface area contributed by atoms with E-state index in [-0.39, 0.29) is 12.2 Å². The van der Waals surface area contributed by atoms with Crippen LogP contribution in [-0.2, 0) is 4.74 Å².